The van der Waals surface area contributed by atoms with Crippen molar-refractivity contribution in [2.45, 2.75) is 56.4 Å². The first-order chi connectivity index (χ1) is 12.6. The molecule has 0 radical (unpaired) electrons. The molecule has 0 spiro atoms. The van der Waals surface area contributed by atoms with Crippen LogP contribution < -0.4 is 0 Å². The zero-order valence-electron chi connectivity index (χ0n) is 16.3. The largest absolute Gasteiger partial charge is 0.353 e. The van der Waals surface area contributed by atoms with Crippen molar-refractivity contribution in [1.82, 2.24) is 9.80 Å². The van der Waals surface area contributed by atoms with Crippen LogP contribution >= 0.6 is 0 Å². The van der Waals surface area contributed by atoms with Crippen LogP contribution in [0.2, 0.25) is 0 Å². The van der Waals surface area contributed by atoms with Crippen molar-refractivity contribution < 1.29 is 14.3 Å². The van der Waals surface area contributed by atoms with Crippen LogP contribution in [-0.4, -0.2) is 67.9 Å². The Bertz CT molecular complexity index is 582. The highest BCUT2D eigenvalue weighted by molar-refractivity contribution is 5.78. The highest BCUT2D eigenvalue weighted by Gasteiger charge is 2.46. The zero-order chi connectivity index (χ0) is 18.6. The first kappa shape index (κ1) is 19.3. The van der Waals surface area contributed by atoms with Gasteiger partial charge in [-0.15, -0.1) is 0 Å². The van der Waals surface area contributed by atoms with E-state index in [1.54, 1.807) is 14.2 Å². The van der Waals surface area contributed by atoms with Gasteiger partial charge in [-0.05, 0) is 37.9 Å². The quantitative estimate of drug-likeness (QED) is 0.732. The van der Waals surface area contributed by atoms with Crippen molar-refractivity contribution in [1.29, 1.82) is 0 Å². The van der Waals surface area contributed by atoms with Gasteiger partial charge in [-0.1, -0.05) is 30.3 Å². The number of likely N-dealkylation sites (N-methyl/N-ethyl adjacent to an activating group) is 1. The van der Waals surface area contributed by atoms with Gasteiger partial charge in [-0.25, -0.2) is 0 Å². The Morgan fingerprint density at radius 1 is 1.19 bits per heavy atom. The van der Waals surface area contributed by atoms with E-state index in [4.69, 9.17) is 9.47 Å². The number of carbonyl (C=O) groups excluding carboxylic acids is 1. The molecular formula is C21H32N2O3. The molecule has 1 aliphatic carbocycles. The summed E-state index contributed by atoms with van der Waals surface area (Å²) in [5.74, 6) is -0.333. The molecule has 2 atom stereocenters. The lowest BCUT2D eigenvalue weighted by atomic mass is 9.83. The van der Waals surface area contributed by atoms with Crippen LogP contribution in [0.4, 0.5) is 0 Å². The zero-order valence-corrected chi connectivity index (χ0v) is 16.3. The SMILES string of the molecule is COC1(OC)CCC(N(C)C(=O)Cc2ccccc2)C(N2CCCC2)C1. The molecule has 144 valence electrons. The molecule has 26 heavy (non-hydrogen) atoms. The Labute approximate surface area is 157 Å². The average molecular weight is 360 g/mol. The molecular weight excluding hydrogens is 328 g/mol. The van der Waals surface area contributed by atoms with Gasteiger partial charge in [0.2, 0.25) is 5.91 Å². The Kier molecular flexibility index (Phi) is 6.33. The average Bonchev–Trinajstić information content (AvgIpc) is 3.22. The van der Waals surface area contributed by atoms with Crippen molar-refractivity contribution in [3.05, 3.63) is 35.9 Å². The summed E-state index contributed by atoms with van der Waals surface area (Å²) < 4.78 is 11.5. The van der Waals surface area contributed by atoms with Gasteiger partial charge < -0.3 is 14.4 Å². The van der Waals surface area contributed by atoms with Crippen LogP contribution in [0.25, 0.3) is 0 Å². The molecule has 2 unspecified atom stereocenters. The summed E-state index contributed by atoms with van der Waals surface area (Å²) in [7, 11) is 5.43. The summed E-state index contributed by atoms with van der Waals surface area (Å²) >= 11 is 0. The highest BCUT2D eigenvalue weighted by Crippen LogP contribution is 2.37. The van der Waals surface area contributed by atoms with E-state index in [1.165, 1.54) is 12.8 Å². The smallest absolute Gasteiger partial charge is 0.227 e. The molecule has 1 saturated carbocycles. The Morgan fingerprint density at radius 3 is 2.46 bits per heavy atom. The van der Waals surface area contributed by atoms with E-state index in [0.29, 0.717) is 6.42 Å². The van der Waals surface area contributed by atoms with E-state index in [2.05, 4.69) is 4.90 Å². The van der Waals surface area contributed by atoms with E-state index in [1.807, 2.05) is 42.3 Å². The minimum absolute atomic E-state index is 0.188. The van der Waals surface area contributed by atoms with Crippen LogP contribution in [0.15, 0.2) is 30.3 Å². The third-order valence-electron chi connectivity index (χ3n) is 6.23. The van der Waals surface area contributed by atoms with Gasteiger partial charge >= 0.3 is 0 Å². The molecule has 0 aromatic heterocycles. The number of methoxy groups -OCH3 is 2. The molecule has 2 fully saturated rings. The van der Waals surface area contributed by atoms with Crippen LogP contribution in [0.5, 0.6) is 0 Å². The fourth-order valence-corrected chi connectivity index (χ4v) is 4.55. The van der Waals surface area contributed by atoms with Crippen LogP contribution in [-0.2, 0) is 20.7 Å². The lowest BCUT2D eigenvalue weighted by molar-refractivity contribution is -0.238. The van der Waals surface area contributed by atoms with E-state index < -0.39 is 5.79 Å². The molecule has 1 amide bonds. The summed E-state index contributed by atoms with van der Waals surface area (Å²) in [4.78, 5) is 17.4. The van der Waals surface area contributed by atoms with Crippen LogP contribution in [0.3, 0.4) is 0 Å². The second-order valence-electron chi connectivity index (χ2n) is 7.61. The molecule has 5 nitrogen and oxygen atoms in total. The van der Waals surface area contributed by atoms with Crippen molar-refractivity contribution in [2.75, 3.05) is 34.4 Å². The Hall–Kier alpha value is -1.43. The Balaban J connectivity index is 1.74. The minimum Gasteiger partial charge on any atom is -0.353 e. The summed E-state index contributed by atoms with van der Waals surface area (Å²) in [5.41, 5.74) is 1.07. The molecule has 0 bridgehead atoms. The van der Waals surface area contributed by atoms with Gasteiger partial charge in [0.25, 0.3) is 0 Å². The van der Waals surface area contributed by atoms with Crippen molar-refractivity contribution in [2.24, 2.45) is 0 Å². The standard InChI is InChI=1S/C21H32N2O3/c1-22(20(24)15-17-9-5-4-6-10-17)18-11-12-21(25-2,26-3)16-19(18)23-13-7-8-14-23/h4-6,9-10,18-19H,7-8,11-16H2,1-3H3. The van der Waals surface area contributed by atoms with Crippen LogP contribution in [0, 0.1) is 0 Å². The summed E-state index contributed by atoms with van der Waals surface area (Å²) in [6, 6.07) is 10.5. The van der Waals surface area contributed by atoms with Crippen molar-refractivity contribution in [3.63, 3.8) is 0 Å². The molecule has 1 aromatic rings. The van der Waals surface area contributed by atoms with Gasteiger partial charge in [0, 0.05) is 46.2 Å². The number of nitrogens with zero attached hydrogens (tertiary/aromatic N) is 2. The van der Waals surface area contributed by atoms with E-state index in [0.717, 1.165) is 37.9 Å². The fourth-order valence-electron chi connectivity index (χ4n) is 4.55. The van der Waals surface area contributed by atoms with Gasteiger partial charge in [-0.2, -0.15) is 0 Å². The number of carbonyl (C=O) groups is 1. The number of hydrogen-bond donors (Lipinski definition) is 0. The van der Waals surface area contributed by atoms with Crippen LogP contribution in [0.1, 0.15) is 37.7 Å². The van der Waals surface area contributed by atoms with E-state index >= 15 is 0 Å². The maximum atomic E-state index is 12.9. The monoisotopic (exact) mass is 360 g/mol. The summed E-state index contributed by atoms with van der Waals surface area (Å²) in [6.07, 6.45) is 5.46. The fraction of sp³-hybridized carbons (Fsp3) is 0.667. The number of hydrogen-bond acceptors (Lipinski definition) is 4. The Morgan fingerprint density at radius 2 is 1.85 bits per heavy atom. The number of likely N-dealkylation sites (tertiary alicyclic amines) is 1. The van der Waals surface area contributed by atoms with Crippen molar-refractivity contribution in [3.8, 4) is 0 Å². The normalized spacial score (nSPS) is 26.0. The van der Waals surface area contributed by atoms with Crippen molar-refractivity contribution >= 4 is 5.91 Å². The molecule has 1 heterocycles. The predicted molar refractivity (Wildman–Crippen MR) is 102 cm³/mol. The third-order valence-corrected chi connectivity index (χ3v) is 6.23. The summed E-state index contributed by atoms with van der Waals surface area (Å²) in [6.45, 7) is 2.21. The molecule has 3 rings (SSSR count). The maximum Gasteiger partial charge on any atom is 0.227 e. The molecule has 5 heteroatoms. The molecule has 1 aromatic carbocycles. The third kappa shape index (κ3) is 4.11. The molecule has 0 N–H and O–H groups in total. The number of rotatable bonds is 6. The molecule has 1 saturated heterocycles. The molecule has 1 aliphatic heterocycles. The number of ether oxygens (including phenoxy) is 2. The van der Waals surface area contributed by atoms with E-state index in [9.17, 15) is 4.79 Å². The van der Waals surface area contributed by atoms with Gasteiger partial charge in [-0.3, -0.25) is 9.69 Å². The minimum atomic E-state index is -0.521. The number of benzene rings is 1. The maximum absolute atomic E-state index is 12.9. The van der Waals surface area contributed by atoms with Gasteiger partial charge in [0.15, 0.2) is 5.79 Å². The first-order valence-corrected chi connectivity index (χ1v) is 9.72. The second-order valence-corrected chi connectivity index (χ2v) is 7.61. The highest BCUT2D eigenvalue weighted by atomic mass is 16.7. The number of amides is 1. The predicted octanol–water partition coefficient (Wildman–Crippen LogP) is 2.69. The van der Waals surface area contributed by atoms with E-state index in [-0.39, 0.29) is 18.0 Å². The lowest BCUT2D eigenvalue weighted by Crippen LogP contribution is -2.59. The van der Waals surface area contributed by atoms with Gasteiger partial charge in [0.05, 0.1) is 6.42 Å². The topological polar surface area (TPSA) is 42.0 Å². The first-order valence-electron chi connectivity index (χ1n) is 9.72. The molecule has 2 aliphatic rings. The summed E-state index contributed by atoms with van der Waals surface area (Å²) in [5, 5.41) is 0. The second kappa shape index (κ2) is 8.51. The lowest BCUT2D eigenvalue weighted by Gasteiger charge is -2.48. The van der Waals surface area contributed by atoms with Gasteiger partial charge in [0.1, 0.15) is 0 Å².